The van der Waals surface area contributed by atoms with E-state index in [1.54, 1.807) is 19.1 Å². The van der Waals surface area contributed by atoms with Gasteiger partial charge in [0.15, 0.2) is 6.10 Å². The van der Waals surface area contributed by atoms with Crippen molar-refractivity contribution in [3.05, 3.63) is 51.6 Å². The van der Waals surface area contributed by atoms with E-state index >= 15 is 0 Å². The molecule has 0 fully saturated rings. The Kier molecular flexibility index (Phi) is 4.50. The van der Waals surface area contributed by atoms with Crippen molar-refractivity contribution in [3.8, 4) is 5.75 Å². The van der Waals surface area contributed by atoms with Crippen molar-refractivity contribution < 1.29 is 13.5 Å². The first-order valence-electron chi connectivity index (χ1n) is 5.59. The molecule has 0 bridgehead atoms. The summed E-state index contributed by atoms with van der Waals surface area (Å²) in [5.74, 6) is 0.348. The zero-order valence-electron chi connectivity index (χ0n) is 10.1. The van der Waals surface area contributed by atoms with E-state index in [1.165, 1.54) is 18.4 Å². The van der Waals surface area contributed by atoms with E-state index < -0.39 is 11.9 Å². The fourth-order valence-electron chi connectivity index (χ4n) is 1.61. The van der Waals surface area contributed by atoms with Crippen LogP contribution in [0.5, 0.6) is 5.75 Å². The van der Waals surface area contributed by atoms with Crippen molar-refractivity contribution in [2.75, 3.05) is 0 Å². The molecule has 1 aromatic heterocycles. The lowest BCUT2D eigenvalue weighted by atomic mass is 10.1. The molecule has 3 nitrogen and oxygen atoms in total. The maximum atomic E-state index is 13.5. The van der Waals surface area contributed by atoms with Crippen LogP contribution in [0.15, 0.2) is 39.4 Å². The summed E-state index contributed by atoms with van der Waals surface area (Å²) in [6, 6.07) is 5.83. The lowest BCUT2D eigenvalue weighted by Gasteiger charge is -2.21. The number of hydrogen-bond acceptors (Lipinski definition) is 3. The molecule has 0 saturated carbocycles. The van der Waals surface area contributed by atoms with E-state index in [4.69, 9.17) is 26.5 Å². The Morgan fingerprint density at radius 1 is 1.47 bits per heavy atom. The van der Waals surface area contributed by atoms with Gasteiger partial charge in [-0.05, 0) is 41.1 Å². The number of halogens is 3. The normalized spacial score (nSPS) is 14.2. The summed E-state index contributed by atoms with van der Waals surface area (Å²) in [5.41, 5.74) is 5.87. The van der Waals surface area contributed by atoms with E-state index in [0.29, 0.717) is 16.0 Å². The molecule has 0 saturated heterocycles. The fraction of sp³-hybridized carbons (Fsp3) is 0.231. The average molecular weight is 349 g/mol. The van der Waals surface area contributed by atoms with Gasteiger partial charge in [0.05, 0.1) is 15.8 Å². The van der Waals surface area contributed by atoms with Crippen LogP contribution in [0.1, 0.15) is 18.8 Å². The van der Waals surface area contributed by atoms with Crippen molar-refractivity contribution in [1.29, 1.82) is 0 Å². The van der Waals surface area contributed by atoms with Crippen molar-refractivity contribution in [2.24, 2.45) is 5.73 Å². The monoisotopic (exact) mass is 347 g/mol. The van der Waals surface area contributed by atoms with E-state index in [-0.39, 0.29) is 11.1 Å². The summed E-state index contributed by atoms with van der Waals surface area (Å²) in [4.78, 5) is 0. The van der Waals surface area contributed by atoms with Crippen LogP contribution in [0, 0.1) is 5.82 Å². The molecule has 0 radical (unpaired) electrons. The molecular weight excluding hydrogens is 337 g/mol. The molecule has 102 valence electrons. The zero-order chi connectivity index (χ0) is 14.0. The fourth-order valence-corrected chi connectivity index (χ4v) is 2.34. The van der Waals surface area contributed by atoms with Gasteiger partial charge >= 0.3 is 0 Å². The standard InChI is InChI=1S/C13H12BrClFNO2/c1-7(17)13(11-3-2-4-18-11)19-12-6-10(16)9(15)5-8(12)14/h2-7,13H,17H2,1H3. The average Bonchev–Trinajstić information content (AvgIpc) is 2.85. The van der Waals surface area contributed by atoms with Gasteiger partial charge in [0.1, 0.15) is 17.3 Å². The van der Waals surface area contributed by atoms with Gasteiger partial charge in [-0.1, -0.05) is 11.6 Å². The topological polar surface area (TPSA) is 48.4 Å². The first-order valence-corrected chi connectivity index (χ1v) is 6.76. The Morgan fingerprint density at radius 2 is 2.21 bits per heavy atom. The third-order valence-electron chi connectivity index (χ3n) is 2.53. The Bertz CT molecular complexity index is 560. The summed E-state index contributed by atoms with van der Waals surface area (Å²) < 4.78 is 25.0. The van der Waals surface area contributed by atoms with Crippen LogP contribution in [-0.4, -0.2) is 6.04 Å². The number of benzene rings is 1. The number of furan rings is 1. The van der Waals surface area contributed by atoms with Crippen LogP contribution < -0.4 is 10.5 Å². The molecule has 2 unspecified atom stereocenters. The number of rotatable bonds is 4. The minimum atomic E-state index is -0.553. The molecule has 19 heavy (non-hydrogen) atoms. The minimum Gasteiger partial charge on any atom is -0.480 e. The Balaban J connectivity index is 2.30. The molecule has 2 aromatic rings. The predicted octanol–water partition coefficient (Wildman–Crippen LogP) is 4.30. The van der Waals surface area contributed by atoms with Gasteiger partial charge in [-0.3, -0.25) is 0 Å². The summed E-state index contributed by atoms with van der Waals surface area (Å²) in [6.45, 7) is 1.79. The van der Waals surface area contributed by atoms with Gasteiger partial charge in [0.2, 0.25) is 0 Å². The lowest BCUT2D eigenvalue weighted by molar-refractivity contribution is 0.151. The number of nitrogens with two attached hydrogens (primary N) is 1. The molecule has 2 N–H and O–H groups in total. The second-order valence-corrected chi connectivity index (χ2v) is 5.37. The van der Waals surface area contributed by atoms with Crippen molar-refractivity contribution in [2.45, 2.75) is 19.1 Å². The van der Waals surface area contributed by atoms with Gasteiger partial charge in [-0.15, -0.1) is 0 Å². The van der Waals surface area contributed by atoms with Gasteiger partial charge in [-0.2, -0.15) is 0 Å². The van der Waals surface area contributed by atoms with Crippen LogP contribution >= 0.6 is 27.5 Å². The Hall–Kier alpha value is -1.04. The molecule has 0 aliphatic heterocycles. The summed E-state index contributed by atoms with van der Waals surface area (Å²) in [5, 5.41) is 0.0228. The molecule has 6 heteroatoms. The molecule has 0 aliphatic carbocycles. The third-order valence-corrected chi connectivity index (χ3v) is 3.44. The van der Waals surface area contributed by atoms with Crippen molar-refractivity contribution in [3.63, 3.8) is 0 Å². The van der Waals surface area contributed by atoms with Crippen LogP contribution in [0.2, 0.25) is 5.02 Å². The molecule has 0 amide bonds. The molecule has 0 spiro atoms. The first kappa shape index (κ1) is 14.4. The van der Waals surface area contributed by atoms with Crippen LogP contribution in [0.4, 0.5) is 4.39 Å². The highest BCUT2D eigenvalue weighted by Gasteiger charge is 2.22. The Morgan fingerprint density at radius 3 is 2.79 bits per heavy atom. The van der Waals surface area contributed by atoms with E-state index in [9.17, 15) is 4.39 Å². The second-order valence-electron chi connectivity index (χ2n) is 4.11. The van der Waals surface area contributed by atoms with Crippen LogP contribution in [0.25, 0.3) is 0 Å². The molecule has 2 atom stereocenters. The van der Waals surface area contributed by atoms with Gasteiger partial charge in [0, 0.05) is 12.1 Å². The zero-order valence-corrected chi connectivity index (χ0v) is 12.4. The number of hydrogen-bond donors (Lipinski definition) is 1. The highest BCUT2D eigenvalue weighted by molar-refractivity contribution is 9.10. The van der Waals surface area contributed by atoms with E-state index in [2.05, 4.69) is 15.9 Å². The number of ether oxygens (including phenoxy) is 1. The first-order chi connectivity index (χ1) is 8.99. The lowest BCUT2D eigenvalue weighted by Crippen LogP contribution is -2.28. The van der Waals surface area contributed by atoms with Crippen LogP contribution in [0.3, 0.4) is 0 Å². The SMILES string of the molecule is CC(N)C(Oc1cc(F)c(Cl)cc1Br)c1ccco1. The van der Waals surface area contributed by atoms with Gasteiger partial charge in [0.25, 0.3) is 0 Å². The van der Waals surface area contributed by atoms with E-state index in [0.717, 1.165) is 0 Å². The molecule has 1 heterocycles. The smallest absolute Gasteiger partial charge is 0.171 e. The van der Waals surface area contributed by atoms with Gasteiger partial charge in [-0.25, -0.2) is 4.39 Å². The second kappa shape index (κ2) is 5.94. The Labute approximate surface area is 123 Å². The molecule has 2 rings (SSSR count). The molecule has 0 aliphatic rings. The predicted molar refractivity (Wildman–Crippen MR) is 74.8 cm³/mol. The quantitative estimate of drug-likeness (QED) is 0.838. The molecule has 1 aromatic carbocycles. The highest BCUT2D eigenvalue weighted by Crippen LogP contribution is 2.34. The van der Waals surface area contributed by atoms with Crippen molar-refractivity contribution >= 4 is 27.5 Å². The highest BCUT2D eigenvalue weighted by atomic mass is 79.9. The van der Waals surface area contributed by atoms with Crippen molar-refractivity contribution in [1.82, 2.24) is 0 Å². The summed E-state index contributed by atoms with van der Waals surface area (Å²) >= 11 is 8.96. The van der Waals surface area contributed by atoms with E-state index in [1.807, 2.05) is 0 Å². The molecular formula is C13H12BrClFNO2. The largest absolute Gasteiger partial charge is 0.480 e. The summed E-state index contributed by atoms with van der Waals surface area (Å²) in [6.07, 6.45) is 1.03. The third kappa shape index (κ3) is 3.29. The summed E-state index contributed by atoms with van der Waals surface area (Å²) in [7, 11) is 0. The maximum Gasteiger partial charge on any atom is 0.171 e. The minimum absolute atomic E-state index is 0.0228. The maximum absolute atomic E-state index is 13.5. The van der Waals surface area contributed by atoms with Gasteiger partial charge < -0.3 is 14.9 Å². The van der Waals surface area contributed by atoms with Crippen LogP contribution in [-0.2, 0) is 0 Å².